The predicted molar refractivity (Wildman–Crippen MR) is 203 cm³/mol. The zero-order valence-corrected chi connectivity index (χ0v) is 31.6. The molecule has 2 saturated heterocycles. The number of rotatable bonds is 16. The van der Waals surface area contributed by atoms with E-state index in [2.05, 4.69) is 10.0 Å². The number of carbonyl (C=O) groups is 3. The highest BCUT2D eigenvalue weighted by Crippen LogP contribution is 2.35. The lowest BCUT2D eigenvalue weighted by atomic mass is 9.95. The molecule has 16 heteroatoms. The highest BCUT2D eigenvalue weighted by Gasteiger charge is 2.56. The van der Waals surface area contributed by atoms with Gasteiger partial charge in [0, 0.05) is 12.0 Å². The number of azide groups is 1. The normalized spacial score (nSPS) is 26.7. The van der Waals surface area contributed by atoms with Gasteiger partial charge in [-0.25, -0.2) is 14.4 Å². The number of nitrogens with zero attached hydrogens (tertiary/aromatic N) is 3. The molecule has 10 atom stereocenters. The quantitative estimate of drug-likeness (QED) is 0.0526. The average molecular weight is 798 g/mol. The summed E-state index contributed by atoms with van der Waals surface area (Å²) in [5.41, 5.74) is 11.6. The fourth-order valence-electron chi connectivity index (χ4n) is 6.59. The van der Waals surface area contributed by atoms with Gasteiger partial charge in [0.2, 0.25) is 0 Å². The van der Waals surface area contributed by atoms with E-state index in [1.165, 1.54) is 19.2 Å². The van der Waals surface area contributed by atoms with Crippen molar-refractivity contribution in [1.29, 1.82) is 0 Å². The first-order valence-electron chi connectivity index (χ1n) is 18.4. The number of benzene rings is 4. The Morgan fingerprint density at radius 1 is 0.690 bits per heavy atom. The van der Waals surface area contributed by atoms with Crippen molar-refractivity contribution in [2.75, 3.05) is 20.8 Å². The van der Waals surface area contributed by atoms with Crippen molar-refractivity contribution in [3.8, 4) is 0 Å². The summed E-state index contributed by atoms with van der Waals surface area (Å²) in [7, 11) is 2.46. The van der Waals surface area contributed by atoms with E-state index in [0.29, 0.717) is 5.56 Å². The van der Waals surface area contributed by atoms with Crippen LogP contribution in [0.1, 0.15) is 31.8 Å². The Morgan fingerprint density at radius 3 is 1.76 bits per heavy atom. The highest BCUT2D eigenvalue weighted by atomic mass is 16.8. The minimum atomic E-state index is -1.73. The Hall–Kier alpha value is -5.68. The molecular weight excluding hydrogens is 754 g/mol. The van der Waals surface area contributed by atoms with Gasteiger partial charge in [0.05, 0.1) is 31.5 Å². The molecule has 0 radical (unpaired) electrons. The average Bonchev–Trinajstić information content (AvgIpc) is 3.27. The summed E-state index contributed by atoms with van der Waals surface area (Å²) < 4.78 is 54.1. The lowest BCUT2D eigenvalue weighted by Crippen LogP contribution is -2.66. The first-order valence-corrected chi connectivity index (χ1v) is 18.4. The molecule has 4 aromatic carbocycles. The van der Waals surface area contributed by atoms with E-state index in [-0.39, 0.29) is 24.3 Å². The Balaban J connectivity index is 1.41. The molecule has 0 aromatic heterocycles. The van der Waals surface area contributed by atoms with Gasteiger partial charge in [-0.05, 0) is 40.9 Å². The standard InChI is InChI=1S/C42H43N3O13/c1-50-40(49)36-32(46)35(53-24-27-17-9-4-10-18-27)37(56-39(48)29-21-13-6-14-22-29)42(58-36)57-33-30(25-54-38(47)28-19-11-5-12-20-28)55-41(51-2)31(44-45-43)34(33)52-23-26-15-7-3-8-16-26/h3-22,30-37,41-42,46H,23-25H2,1-2H3/t30?,31?,32-,33-,34?,35?,36?,37+,41+,42-/m1/s1. The summed E-state index contributed by atoms with van der Waals surface area (Å²) in [5.74, 6) is -2.47. The molecule has 2 heterocycles. The zero-order chi connectivity index (χ0) is 40.9. The van der Waals surface area contributed by atoms with Gasteiger partial charge in [-0.1, -0.05) is 102 Å². The molecule has 0 bridgehead atoms. The fraction of sp³-hybridized carbons (Fsp3) is 0.357. The number of aliphatic hydroxyl groups is 1. The van der Waals surface area contributed by atoms with Gasteiger partial charge in [0.15, 0.2) is 24.8 Å². The van der Waals surface area contributed by atoms with Crippen molar-refractivity contribution in [3.05, 3.63) is 154 Å². The molecule has 0 amide bonds. The van der Waals surface area contributed by atoms with Crippen molar-refractivity contribution in [3.63, 3.8) is 0 Å². The molecule has 2 aliphatic heterocycles. The van der Waals surface area contributed by atoms with Crippen LogP contribution in [0, 0.1) is 0 Å². The van der Waals surface area contributed by atoms with Crippen molar-refractivity contribution in [2.45, 2.75) is 74.6 Å². The second-order valence-electron chi connectivity index (χ2n) is 13.2. The van der Waals surface area contributed by atoms with E-state index >= 15 is 0 Å². The van der Waals surface area contributed by atoms with Crippen LogP contribution < -0.4 is 0 Å². The van der Waals surface area contributed by atoms with Gasteiger partial charge < -0.3 is 47.7 Å². The van der Waals surface area contributed by atoms with E-state index < -0.39 is 85.9 Å². The lowest BCUT2D eigenvalue weighted by Gasteiger charge is -2.48. The molecule has 0 spiro atoms. The van der Waals surface area contributed by atoms with Crippen LogP contribution in [0.15, 0.2) is 126 Å². The van der Waals surface area contributed by atoms with Gasteiger partial charge >= 0.3 is 17.9 Å². The SMILES string of the molecule is COC(=O)C1O[C@@H](O[C@@H]2C(COC(=O)c3ccccc3)O[C@H](OC)C(N=[N+]=[N-])C2OCc2ccccc2)[C@@H](OC(=O)c2ccccc2)C(OCc2ccccc2)[C@H]1O. The highest BCUT2D eigenvalue weighted by molar-refractivity contribution is 5.90. The Morgan fingerprint density at radius 2 is 1.22 bits per heavy atom. The summed E-state index contributed by atoms with van der Waals surface area (Å²) in [6, 6.07) is 33.3. The minimum Gasteiger partial charge on any atom is -0.467 e. The third-order valence-corrected chi connectivity index (χ3v) is 9.49. The van der Waals surface area contributed by atoms with E-state index in [0.717, 1.165) is 12.7 Å². The van der Waals surface area contributed by atoms with E-state index in [1.54, 1.807) is 72.8 Å². The van der Waals surface area contributed by atoms with Gasteiger partial charge in [-0.15, -0.1) is 0 Å². The summed E-state index contributed by atoms with van der Waals surface area (Å²) in [4.78, 5) is 43.1. The molecule has 2 fully saturated rings. The van der Waals surface area contributed by atoms with Crippen molar-refractivity contribution < 1.29 is 62.1 Å². The maximum absolute atomic E-state index is 13.7. The van der Waals surface area contributed by atoms with Crippen LogP contribution in [0.4, 0.5) is 0 Å². The molecular formula is C42H43N3O13. The molecule has 4 aromatic rings. The number of hydrogen-bond acceptors (Lipinski definition) is 14. The van der Waals surface area contributed by atoms with Crippen LogP contribution in [0.3, 0.4) is 0 Å². The van der Waals surface area contributed by atoms with Crippen LogP contribution in [-0.2, 0) is 60.6 Å². The molecule has 16 nitrogen and oxygen atoms in total. The van der Waals surface area contributed by atoms with Crippen LogP contribution in [0.25, 0.3) is 10.4 Å². The van der Waals surface area contributed by atoms with E-state index in [1.807, 2.05) is 36.4 Å². The Labute approximate surface area is 334 Å². The van der Waals surface area contributed by atoms with Gasteiger partial charge in [0.25, 0.3) is 0 Å². The number of carbonyl (C=O) groups excluding carboxylic acids is 3. The number of hydrogen-bond donors (Lipinski definition) is 1. The molecule has 0 saturated carbocycles. The molecule has 1 N–H and O–H groups in total. The molecule has 0 aliphatic carbocycles. The zero-order valence-electron chi connectivity index (χ0n) is 31.6. The summed E-state index contributed by atoms with van der Waals surface area (Å²) in [5, 5.41) is 15.6. The largest absolute Gasteiger partial charge is 0.467 e. The van der Waals surface area contributed by atoms with Crippen LogP contribution in [0.5, 0.6) is 0 Å². The number of ether oxygens (including phenoxy) is 9. The first-order chi connectivity index (χ1) is 28.3. The Bertz CT molecular complexity index is 1970. The summed E-state index contributed by atoms with van der Waals surface area (Å²) in [6.07, 6.45) is -13.2. The maximum Gasteiger partial charge on any atom is 0.338 e. The number of esters is 3. The van der Waals surface area contributed by atoms with Crippen LogP contribution in [-0.4, -0.2) is 105 Å². The molecule has 2 aliphatic rings. The summed E-state index contributed by atoms with van der Waals surface area (Å²) >= 11 is 0. The van der Waals surface area contributed by atoms with Crippen molar-refractivity contribution in [1.82, 2.24) is 0 Å². The smallest absolute Gasteiger partial charge is 0.338 e. The maximum atomic E-state index is 13.7. The fourth-order valence-corrected chi connectivity index (χ4v) is 6.59. The van der Waals surface area contributed by atoms with Crippen LogP contribution >= 0.6 is 0 Å². The molecule has 58 heavy (non-hydrogen) atoms. The molecule has 5 unspecified atom stereocenters. The second kappa shape index (κ2) is 20.7. The third-order valence-electron chi connectivity index (χ3n) is 9.49. The van der Waals surface area contributed by atoms with E-state index in [9.17, 15) is 25.0 Å². The predicted octanol–water partition coefficient (Wildman–Crippen LogP) is 4.93. The molecule has 304 valence electrons. The third kappa shape index (κ3) is 10.4. The minimum absolute atomic E-state index is 0.0139. The van der Waals surface area contributed by atoms with Gasteiger partial charge in [0.1, 0.15) is 43.2 Å². The molecule has 6 rings (SSSR count). The van der Waals surface area contributed by atoms with Crippen molar-refractivity contribution in [2.24, 2.45) is 5.11 Å². The monoisotopic (exact) mass is 797 g/mol. The van der Waals surface area contributed by atoms with Crippen molar-refractivity contribution >= 4 is 17.9 Å². The number of methoxy groups -OCH3 is 2. The van der Waals surface area contributed by atoms with Gasteiger partial charge in [-0.2, -0.15) is 0 Å². The van der Waals surface area contributed by atoms with E-state index in [4.69, 9.17) is 42.6 Å². The first kappa shape index (κ1) is 41.9. The van der Waals surface area contributed by atoms with Gasteiger partial charge in [-0.3, -0.25) is 0 Å². The Kier molecular flexibility index (Phi) is 14.9. The topological polar surface area (TPSA) is 203 Å². The lowest BCUT2D eigenvalue weighted by molar-refractivity contribution is -0.347. The van der Waals surface area contributed by atoms with Crippen LogP contribution in [0.2, 0.25) is 0 Å². The summed E-state index contributed by atoms with van der Waals surface area (Å²) in [6.45, 7) is -0.533. The second-order valence-corrected chi connectivity index (χ2v) is 13.2. The number of aliphatic hydroxyl groups excluding tert-OH is 1.